The van der Waals surface area contributed by atoms with Crippen molar-refractivity contribution in [1.82, 2.24) is 10.6 Å². The predicted octanol–water partition coefficient (Wildman–Crippen LogP) is 3.09. The van der Waals surface area contributed by atoms with Crippen molar-refractivity contribution in [2.45, 2.75) is 58.9 Å². The van der Waals surface area contributed by atoms with Crippen molar-refractivity contribution in [1.29, 1.82) is 0 Å². The SMILES string of the molecule is COCCCNC(=S)NC1CCC(C(C)(C)C)CC1. The van der Waals surface area contributed by atoms with E-state index < -0.39 is 0 Å². The van der Waals surface area contributed by atoms with Gasteiger partial charge in [0, 0.05) is 26.3 Å². The highest BCUT2D eigenvalue weighted by Crippen LogP contribution is 2.37. The van der Waals surface area contributed by atoms with Gasteiger partial charge in [-0.3, -0.25) is 0 Å². The molecule has 0 aromatic rings. The van der Waals surface area contributed by atoms with Gasteiger partial charge in [0.15, 0.2) is 5.11 Å². The maximum absolute atomic E-state index is 5.32. The average Bonchev–Trinajstić information content (AvgIpc) is 2.34. The Hall–Kier alpha value is -0.350. The van der Waals surface area contributed by atoms with Crippen LogP contribution in [-0.2, 0) is 4.74 Å². The summed E-state index contributed by atoms with van der Waals surface area (Å²) in [4.78, 5) is 0. The van der Waals surface area contributed by atoms with E-state index >= 15 is 0 Å². The molecule has 0 saturated heterocycles. The minimum atomic E-state index is 0.448. The molecule has 1 aliphatic rings. The fourth-order valence-electron chi connectivity index (χ4n) is 2.76. The Kier molecular flexibility index (Phi) is 7.08. The molecule has 1 aliphatic carbocycles. The van der Waals surface area contributed by atoms with E-state index in [0.29, 0.717) is 11.5 Å². The van der Waals surface area contributed by atoms with Crippen molar-refractivity contribution in [2.24, 2.45) is 11.3 Å². The first kappa shape index (κ1) is 16.7. The molecule has 1 fully saturated rings. The van der Waals surface area contributed by atoms with E-state index in [1.165, 1.54) is 25.7 Å². The second-order valence-corrected chi connectivity index (χ2v) is 7.07. The largest absolute Gasteiger partial charge is 0.385 e. The van der Waals surface area contributed by atoms with Crippen LogP contribution in [0.5, 0.6) is 0 Å². The first-order chi connectivity index (χ1) is 8.93. The van der Waals surface area contributed by atoms with Crippen molar-refractivity contribution < 1.29 is 4.74 Å². The molecule has 1 rings (SSSR count). The van der Waals surface area contributed by atoms with E-state index in [4.69, 9.17) is 17.0 Å². The van der Waals surface area contributed by atoms with Gasteiger partial charge in [0.2, 0.25) is 0 Å². The summed E-state index contributed by atoms with van der Waals surface area (Å²) in [6.07, 6.45) is 6.10. The molecule has 19 heavy (non-hydrogen) atoms. The molecule has 4 heteroatoms. The molecule has 3 nitrogen and oxygen atoms in total. The van der Waals surface area contributed by atoms with Crippen LogP contribution in [0, 0.1) is 11.3 Å². The van der Waals surface area contributed by atoms with Crippen LogP contribution in [0.2, 0.25) is 0 Å². The van der Waals surface area contributed by atoms with Crippen LogP contribution in [0.4, 0.5) is 0 Å². The van der Waals surface area contributed by atoms with Crippen LogP contribution in [-0.4, -0.2) is 31.4 Å². The molecule has 0 atom stereocenters. The Morgan fingerprint density at radius 3 is 2.37 bits per heavy atom. The van der Waals surface area contributed by atoms with Crippen molar-refractivity contribution in [2.75, 3.05) is 20.3 Å². The molecule has 0 heterocycles. The van der Waals surface area contributed by atoms with E-state index in [-0.39, 0.29) is 0 Å². The lowest BCUT2D eigenvalue weighted by Crippen LogP contribution is -2.44. The second kappa shape index (κ2) is 8.05. The number of hydrogen-bond acceptors (Lipinski definition) is 2. The third kappa shape index (κ3) is 6.57. The van der Waals surface area contributed by atoms with Crippen LogP contribution in [0.15, 0.2) is 0 Å². The lowest BCUT2D eigenvalue weighted by atomic mass is 9.71. The van der Waals surface area contributed by atoms with Gasteiger partial charge in [-0.1, -0.05) is 20.8 Å². The van der Waals surface area contributed by atoms with E-state index in [0.717, 1.165) is 30.6 Å². The average molecular weight is 286 g/mol. The van der Waals surface area contributed by atoms with Gasteiger partial charge in [-0.15, -0.1) is 0 Å². The summed E-state index contributed by atoms with van der Waals surface area (Å²) in [6, 6.07) is 0.557. The zero-order chi connectivity index (χ0) is 14.3. The molecule has 0 aromatic carbocycles. The maximum Gasteiger partial charge on any atom is 0.166 e. The van der Waals surface area contributed by atoms with E-state index in [1.807, 2.05) is 0 Å². The quantitative estimate of drug-likeness (QED) is 0.601. The second-order valence-electron chi connectivity index (χ2n) is 6.66. The Labute approximate surface area is 123 Å². The molecule has 1 saturated carbocycles. The van der Waals surface area contributed by atoms with E-state index in [2.05, 4.69) is 31.4 Å². The molecule has 0 aliphatic heterocycles. The van der Waals surface area contributed by atoms with Crippen LogP contribution in [0.1, 0.15) is 52.9 Å². The van der Waals surface area contributed by atoms with Gasteiger partial charge in [-0.05, 0) is 55.7 Å². The number of nitrogens with one attached hydrogen (secondary N) is 2. The van der Waals surface area contributed by atoms with Gasteiger partial charge in [0.25, 0.3) is 0 Å². The topological polar surface area (TPSA) is 33.3 Å². The molecular formula is C15H30N2OS. The monoisotopic (exact) mass is 286 g/mol. The van der Waals surface area contributed by atoms with Crippen LogP contribution < -0.4 is 10.6 Å². The third-order valence-electron chi connectivity index (χ3n) is 4.10. The van der Waals surface area contributed by atoms with Gasteiger partial charge in [-0.25, -0.2) is 0 Å². The summed E-state index contributed by atoms with van der Waals surface area (Å²) in [7, 11) is 1.73. The van der Waals surface area contributed by atoms with Gasteiger partial charge in [0.1, 0.15) is 0 Å². The first-order valence-corrected chi connectivity index (χ1v) is 7.87. The molecule has 112 valence electrons. The number of hydrogen-bond donors (Lipinski definition) is 2. The molecule has 0 aromatic heterocycles. The standard InChI is InChI=1S/C15H30N2OS/c1-15(2,3)12-6-8-13(9-7-12)17-14(19)16-10-5-11-18-4/h12-13H,5-11H2,1-4H3,(H2,16,17,19). The highest BCUT2D eigenvalue weighted by Gasteiger charge is 2.29. The lowest BCUT2D eigenvalue weighted by molar-refractivity contribution is 0.165. The van der Waals surface area contributed by atoms with Crippen LogP contribution in [0.3, 0.4) is 0 Å². The lowest BCUT2D eigenvalue weighted by Gasteiger charge is -2.37. The Morgan fingerprint density at radius 2 is 1.84 bits per heavy atom. The van der Waals surface area contributed by atoms with Crippen LogP contribution in [0.25, 0.3) is 0 Å². The fraction of sp³-hybridized carbons (Fsp3) is 0.933. The number of rotatable bonds is 5. The summed E-state index contributed by atoms with van der Waals surface area (Å²) in [5.41, 5.74) is 0.448. The van der Waals surface area contributed by atoms with E-state index in [9.17, 15) is 0 Å². The number of methoxy groups -OCH3 is 1. The minimum absolute atomic E-state index is 0.448. The summed E-state index contributed by atoms with van der Waals surface area (Å²) in [5, 5.41) is 7.50. The smallest absolute Gasteiger partial charge is 0.166 e. The van der Waals surface area contributed by atoms with Gasteiger partial charge < -0.3 is 15.4 Å². The fourth-order valence-corrected chi connectivity index (χ4v) is 3.03. The van der Waals surface area contributed by atoms with Gasteiger partial charge in [0.05, 0.1) is 0 Å². The minimum Gasteiger partial charge on any atom is -0.385 e. The number of ether oxygens (including phenoxy) is 1. The van der Waals surface area contributed by atoms with Crippen molar-refractivity contribution >= 4 is 17.3 Å². The third-order valence-corrected chi connectivity index (χ3v) is 4.36. The summed E-state index contributed by atoms with van der Waals surface area (Å²) >= 11 is 5.32. The van der Waals surface area contributed by atoms with Crippen LogP contribution >= 0.6 is 12.2 Å². The summed E-state index contributed by atoms with van der Waals surface area (Å²) < 4.78 is 5.01. The normalized spacial score (nSPS) is 24.0. The molecule has 0 unspecified atom stereocenters. The molecule has 0 spiro atoms. The zero-order valence-electron chi connectivity index (χ0n) is 12.9. The molecular weight excluding hydrogens is 256 g/mol. The molecule has 0 amide bonds. The van der Waals surface area contributed by atoms with Crippen molar-refractivity contribution in [3.63, 3.8) is 0 Å². The zero-order valence-corrected chi connectivity index (χ0v) is 13.7. The summed E-state index contributed by atoms with van der Waals surface area (Å²) in [5.74, 6) is 0.855. The van der Waals surface area contributed by atoms with Gasteiger partial charge >= 0.3 is 0 Å². The molecule has 0 radical (unpaired) electrons. The first-order valence-electron chi connectivity index (χ1n) is 7.46. The summed E-state index contributed by atoms with van der Waals surface area (Å²) in [6.45, 7) is 8.73. The molecule has 2 N–H and O–H groups in total. The number of thiocarbonyl (C=S) groups is 1. The van der Waals surface area contributed by atoms with E-state index in [1.54, 1.807) is 7.11 Å². The molecule has 0 bridgehead atoms. The highest BCUT2D eigenvalue weighted by molar-refractivity contribution is 7.80. The Bertz CT molecular complexity index is 268. The predicted molar refractivity (Wildman–Crippen MR) is 85.4 cm³/mol. The Balaban J connectivity index is 2.16. The van der Waals surface area contributed by atoms with Crippen molar-refractivity contribution in [3.8, 4) is 0 Å². The van der Waals surface area contributed by atoms with Gasteiger partial charge in [-0.2, -0.15) is 0 Å². The Morgan fingerprint density at radius 1 is 1.21 bits per heavy atom. The van der Waals surface area contributed by atoms with Crippen molar-refractivity contribution in [3.05, 3.63) is 0 Å². The highest BCUT2D eigenvalue weighted by atomic mass is 32.1. The maximum atomic E-state index is 5.32.